The minimum atomic E-state index is -0.556. The van der Waals surface area contributed by atoms with Crippen LogP contribution in [-0.4, -0.2) is 14.8 Å². The maximum Gasteiger partial charge on any atom is 0.308 e. The third-order valence-electron chi connectivity index (χ3n) is 0.656. The summed E-state index contributed by atoms with van der Waals surface area (Å²) in [5.41, 5.74) is 0. The molecule has 1 heterocycles. The zero-order chi connectivity index (χ0) is 5.28. The van der Waals surface area contributed by atoms with Gasteiger partial charge < -0.3 is 0 Å². The second-order valence-electron chi connectivity index (χ2n) is 1.21. The lowest BCUT2D eigenvalue weighted by Crippen LogP contribution is -1.88. The van der Waals surface area contributed by atoms with Crippen LogP contribution in [0.2, 0.25) is 0 Å². The first-order valence-corrected chi connectivity index (χ1v) is 1.80. The van der Waals surface area contributed by atoms with Crippen molar-refractivity contribution in [3.8, 4) is 0 Å². The lowest BCUT2D eigenvalue weighted by atomic mass is 11.1. The lowest BCUT2D eigenvalue weighted by Gasteiger charge is -1.80. The molecule has 38 valence electrons. The van der Waals surface area contributed by atoms with Gasteiger partial charge in [0.05, 0.1) is 0 Å². The van der Waals surface area contributed by atoms with Crippen molar-refractivity contribution in [2.75, 3.05) is 0 Å². The molecule has 0 bridgehead atoms. The molecule has 0 saturated heterocycles. The van der Waals surface area contributed by atoms with Gasteiger partial charge in [-0.3, -0.25) is 4.57 Å². The van der Waals surface area contributed by atoms with E-state index >= 15 is 0 Å². The second-order valence-corrected chi connectivity index (χ2v) is 1.21. The molecule has 0 amide bonds. The molecule has 3 nitrogen and oxygen atoms in total. The Hall–Kier alpha value is -0.930. The van der Waals surface area contributed by atoms with Crippen LogP contribution in [0, 0.1) is 6.08 Å². The lowest BCUT2D eigenvalue weighted by molar-refractivity contribution is 0.497. The number of halogens is 1. The Morgan fingerprint density at radius 2 is 2.57 bits per heavy atom. The predicted octanol–water partition coefficient (Wildman–Crippen LogP) is -0.0458. The Kier molecular flexibility index (Phi) is 0.780. The van der Waals surface area contributed by atoms with Gasteiger partial charge in [0.1, 0.15) is 6.33 Å². The van der Waals surface area contributed by atoms with Gasteiger partial charge in [-0.05, 0) is 0 Å². The topological polar surface area (TPSA) is 30.7 Å². The van der Waals surface area contributed by atoms with Crippen LogP contribution in [0.25, 0.3) is 0 Å². The molecule has 0 N–H and O–H groups in total. The molecular weight excluding hydrogens is 97.1 g/mol. The summed E-state index contributed by atoms with van der Waals surface area (Å²) in [5.74, 6) is 0. The quantitative estimate of drug-likeness (QED) is 0.459. The van der Waals surface area contributed by atoms with E-state index < -0.39 is 6.08 Å². The fourth-order valence-corrected chi connectivity index (χ4v) is 0.269. The van der Waals surface area contributed by atoms with E-state index in [9.17, 15) is 4.39 Å². The van der Waals surface area contributed by atoms with E-state index in [-0.39, 0.29) is 0 Å². The van der Waals surface area contributed by atoms with E-state index in [4.69, 9.17) is 0 Å². The van der Waals surface area contributed by atoms with Crippen molar-refractivity contribution in [3.63, 3.8) is 0 Å². The highest BCUT2D eigenvalue weighted by Crippen LogP contribution is 1.82. The SMILES string of the molecule is Cn1cnnc1F. The third-order valence-corrected chi connectivity index (χ3v) is 0.656. The number of hydrogen-bond donors (Lipinski definition) is 0. The van der Waals surface area contributed by atoms with Crippen molar-refractivity contribution in [2.24, 2.45) is 7.05 Å². The molecular formula is C3H4FN3. The van der Waals surface area contributed by atoms with E-state index in [0.29, 0.717) is 0 Å². The fraction of sp³-hybridized carbons (Fsp3) is 0.333. The zero-order valence-electron chi connectivity index (χ0n) is 3.80. The van der Waals surface area contributed by atoms with Gasteiger partial charge in [0.2, 0.25) is 0 Å². The molecule has 0 fully saturated rings. The van der Waals surface area contributed by atoms with Gasteiger partial charge in [-0.2, -0.15) is 4.39 Å². The Morgan fingerprint density at radius 3 is 2.71 bits per heavy atom. The van der Waals surface area contributed by atoms with Gasteiger partial charge in [0, 0.05) is 7.05 Å². The molecule has 0 spiro atoms. The van der Waals surface area contributed by atoms with Crippen LogP contribution in [-0.2, 0) is 7.05 Å². The molecule has 1 aromatic heterocycles. The van der Waals surface area contributed by atoms with Gasteiger partial charge in [0.25, 0.3) is 0 Å². The highest BCUT2D eigenvalue weighted by molar-refractivity contribution is 4.58. The van der Waals surface area contributed by atoms with E-state index in [1.807, 2.05) is 0 Å². The molecule has 4 heteroatoms. The van der Waals surface area contributed by atoms with Crippen LogP contribution < -0.4 is 0 Å². The van der Waals surface area contributed by atoms with Crippen molar-refractivity contribution < 1.29 is 4.39 Å². The van der Waals surface area contributed by atoms with Crippen LogP contribution in [0.1, 0.15) is 0 Å². The zero-order valence-corrected chi connectivity index (χ0v) is 3.80. The number of rotatable bonds is 0. The Balaban J connectivity index is 3.12. The van der Waals surface area contributed by atoms with Crippen LogP contribution in [0.5, 0.6) is 0 Å². The van der Waals surface area contributed by atoms with E-state index in [0.717, 1.165) is 0 Å². The largest absolute Gasteiger partial charge is 0.308 e. The molecule has 0 aliphatic rings. The van der Waals surface area contributed by atoms with Gasteiger partial charge in [-0.25, -0.2) is 0 Å². The first kappa shape index (κ1) is 4.23. The first-order chi connectivity index (χ1) is 3.30. The minimum Gasteiger partial charge on any atom is -0.293 e. The summed E-state index contributed by atoms with van der Waals surface area (Å²) in [4.78, 5) is 0. The minimum absolute atomic E-state index is 0.556. The molecule has 1 rings (SSSR count). The normalized spacial score (nSPS) is 9.43. The molecule has 0 aliphatic heterocycles. The van der Waals surface area contributed by atoms with Crippen LogP contribution in [0.4, 0.5) is 4.39 Å². The number of aromatic nitrogens is 3. The highest BCUT2D eigenvalue weighted by Gasteiger charge is 1.91. The third kappa shape index (κ3) is 0.581. The molecule has 0 unspecified atom stereocenters. The smallest absolute Gasteiger partial charge is 0.293 e. The fourth-order valence-electron chi connectivity index (χ4n) is 0.269. The molecule has 0 aromatic carbocycles. The van der Waals surface area contributed by atoms with Gasteiger partial charge in [0.15, 0.2) is 0 Å². The van der Waals surface area contributed by atoms with Gasteiger partial charge in [-0.15, -0.1) is 5.10 Å². The van der Waals surface area contributed by atoms with Crippen molar-refractivity contribution in [1.29, 1.82) is 0 Å². The monoisotopic (exact) mass is 101 g/mol. The van der Waals surface area contributed by atoms with Crippen molar-refractivity contribution >= 4 is 0 Å². The summed E-state index contributed by atoms with van der Waals surface area (Å²) in [6.45, 7) is 0. The average Bonchev–Trinajstić information content (AvgIpc) is 1.91. The van der Waals surface area contributed by atoms with E-state index in [1.165, 1.54) is 17.9 Å². The summed E-state index contributed by atoms with van der Waals surface area (Å²) in [6, 6.07) is 0. The number of hydrogen-bond acceptors (Lipinski definition) is 2. The Bertz CT molecular complexity index is 142. The standard InChI is InChI=1S/C3H4FN3/c1-7-2-5-6-3(7)4/h2H,1H3. The summed E-state index contributed by atoms with van der Waals surface area (Å²) >= 11 is 0. The molecule has 0 atom stereocenters. The average molecular weight is 101 g/mol. The van der Waals surface area contributed by atoms with E-state index in [1.54, 1.807) is 0 Å². The predicted molar refractivity (Wildman–Crippen MR) is 21.0 cm³/mol. The molecule has 7 heavy (non-hydrogen) atoms. The number of nitrogens with zero attached hydrogens (tertiary/aromatic N) is 3. The molecule has 0 aliphatic carbocycles. The number of aryl methyl sites for hydroxylation is 1. The van der Waals surface area contributed by atoms with Crippen molar-refractivity contribution in [2.45, 2.75) is 0 Å². The summed E-state index contributed by atoms with van der Waals surface area (Å²) in [5, 5.41) is 6.32. The first-order valence-electron chi connectivity index (χ1n) is 1.80. The highest BCUT2D eigenvalue weighted by atomic mass is 19.1. The summed E-state index contributed by atoms with van der Waals surface area (Å²) in [6.07, 6.45) is 0.745. The molecule has 1 aromatic rings. The maximum atomic E-state index is 11.9. The van der Waals surface area contributed by atoms with Crippen molar-refractivity contribution in [1.82, 2.24) is 14.8 Å². The van der Waals surface area contributed by atoms with Gasteiger partial charge in [-0.1, -0.05) is 5.10 Å². The van der Waals surface area contributed by atoms with Crippen molar-refractivity contribution in [3.05, 3.63) is 12.4 Å². The Labute approximate surface area is 39.8 Å². The maximum absolute atomic E-state index is 11.9. The van der Waals surface area contributed by atoms with Crippen LogP contribution >= 0.6 is 0 Å². The molecule has 0 radical (unpaired) electrons. The van der Waals surface area contributed by atoms with Crippen LogP contribution in [0.3, 0.4) is 0 Å². The second kappa shape index (κ2) is 1.29. The van der Waals surface area contributed by atoms with E-state index in [2.05, 4.69) is 10.2 Å². The summed E-state index contributed by atoms with van der Waals surface area (Å²) in [7, 11) is 1.54. The molecule has 0 saturated carbocycles. The Morgan fingerprint density at radius 1 is 1.86 bits per heavy atom. The summed E-state index contributed by atoms with van der Waals surface area (Å²) < 4.78 is 13.1. The van der Waals surface area contributed by atoms with Crippen LogP contribution in [0.15, 0.2) is 6.33 Å². The van der Waals surface area contributed by atoms with Gasteiger partial charge >= 0.3 is 6.08 Å².